The minimum Gasteiger partial charge on any atom is -0.478 e. The Morgan fingerprint density at radius 2 is 1.70 bits per heavy atom. The summed E-state index contributed by atoms with van der Waals surface area (Å²) in [6.45, 7) is 0. The Hall–Kier alpha value is -2.14. The van der Waals surface area contributed by atoms with Crippen LogP contribution in [-0.2, 0) is 22.0 Å². The van der Waals surface area contributed by atoms with Gasteiger partial charge in [0.2, 0.25) is 0 Å². The van der Waals surface area contributed by atoms with Gasteiger partial charge in [-0.25, -0.2) is 13.2 Å². The summed E-state index contributed by atoms with van der Waals surface area (Å²) in [5.41, 5.74) is 2.40. The maximum atomic E-state index is 12.4. The van der Waals surface area contributed by atoms with Gasteiger partial charge in [0, 0.05) is 0 Å². The van der Waals surface area contributed by atoms with Gasteiger partial charge in [0.1, 0.15) is 0 Å². The van der Waals surface area contributed by atoms with E-state index in [-0.39, 0.29) is 16.2 Å². The number of carbonyl (C=O) groups is 1. The van der Waals surface area contributed by atoms with E-state index in [9.17, 15) is 13.2 Å². The SMILES string of the molecule is O=C(O)c1ccc2c(c1)S(=O)(=O)Cc1ccccc1C2. The van der Waals surface area contributed by atoms with E-state index in [0.29, 0.717) is 12.0 Å². The Labute approximate surface area is 116 Å². The molecule has 0 spiro atoms. The van der Waals surface area contributed by atoms with Crippen LogP contribution in [0.4, 0.5) is 0 Å². The number of hydrogen-bond donors (Lipinski definition) is 1. The average Bonchev–Trinajstić information content (AvgIpc) is 2.51. The second kappa shape index (κ2) is 4.45. The van der Waals surface area contributed by atoms with E-state index in [4.69, 9.17) is 5.11 Å². The van der Waals surface area contributed by atoms with Crippen LogP contribution in [0.3, 0.4) is 0 Å². The number of aromatic carboxylic acids is 1. The lowest BCUT2D eigenvalue weighted by atomic mass is 10.00. The standard InChI is InChI=1S/C15H12O4S/c16-15(17)12-6-5-11-7-10-3-1-2-4-13(10)9-20(18,19)14(11)8-12/h1-6,8H,7,9H2,(H,16,17). The molecule has 0 unspecified atom stereocenters. The van der Waals surface area contributed by atoms with Crippen LogP contribution in [0.2, 0.25) is 0 Å². The van der Waals surface area contributed by atoms with Crippen LogP contribution in [0.5, 0.6) is 0 Å². The maximum Gasteiger partial charge on any atom is 0.335 e. The van der Waals surface area contributed by atoms with Crippen LogP contribution in [0, 0.1) is 0 Å². The zero-order valence-electron chi connectivity index (χ0n) is 10.5. The van der Waals surface area contributed by atoms with E-state index in [1.807, 2.05) is 18.2 Å². The van der Waals surface area contributed by atoms with Crippen LogP contribution in [0.15, 0.2) is 47.4 Å². The van der Waals surface area contributed by atoms with Crippen molar-refractivity contribution in [3.63, 3.8) is 0 Å². The molecule has 0 saturated carbocycles. The topological polar surface area (TPSA) is 71.4 Å². The van der Waals surface area contributed by atoms with Gasteiger partial charge in [0.05, 0.1) is 16.2 Å². The van der Waals surface area contributed by atoms with Crippen molar-refractivity contribution >= 4 is 15.8 Å². The number of carboxylic acids is 1. The Kier molecular flexibility index (Phi) is 2.87. The van der Waals surface area contributed by atoms with E-state index in [1.165, 1.54) is 12.1 Å². The average molecular weight is 288 g/mol. The summed E-state index contributed by atoms with van der Waals surface area (Å²) < 4.78 is 24.9. The minimum atomic E-state index is -3.51. The zero-order valence-corrected chi connectivity index (χ0v) is 11.4. The van der Waals surface area contributed by atoms with Crippen molar-refractivity contribution in [2.24, 2.45) is 0 Å². The van der Waals surface area contributed by atoms with Crippen LogP contribution in [0.1, 0.15) is 27.0 Å². The van der Waals surface area contributed by atoms with Gasteiger partial charge in [0.15, 0.2) is 9.84 Å². The lowest BCUT2D eigenvalue weighted by molar-refractivity contribution is 0.0696. The van der Waals surface area contributed by atoms with Crippen molar-refractivity contribution in [3.05, 3.63) is 64.7 Å². The number of sulfone groups is 1. The molecule has 0 fully saturated rings. The van der Waals surface area contributed by atoms with Crippen LogP contribution < -0.4 is 0 Å². The first-order valence-electron chi connectivity index (χ1n) is 6.13. The smallest absolute Gasteiger partial charge is 0.335 e. The van der Waals surface area contributed by atoms with Crippen molar-refractivity contribution < 1.29 is 18.3 Å². The lowest BCUT2D eigenvalue weighted by Gasteiger charge is -2.07. The molecule has 0 amide bonds. The Balaban J connectivity index is 2.24. The van der Waals surface area contributed by atoms with E-state index >= 15 is 0 Å². The van der Waals surface area contributed by atoms with Crippen molar-refractivity contribution in [3.8, 4) is 0 Å². The first-order valence-corrected chi connectivity index (χ1v) is 7.78. The summed E-state index contributed by atoms with van der Waals surface area (Å²) in [5.74, 6) is -1.20. The largest absolute Gasteiger partial charge is 0.478 e. The van der Waals surface area contributed by atoms with E-state index in [0.717, 1.165) is 11.1 Å². The minimum absolute atomic E-state index is 0.00159. The van der Waals surface area contributed by atoms with Crippen molar-refractivity contribution in [1.29, 1.82) is 0 Å². The molecule has 2 aromatic carbocycles. The molecule has 20 heavy (non-hydrogen) atoms. The van der Waals surface area contributed by atoms with E-state index in [1.54, 1.807) is 12.1 Å². The fourth-order valence-corrected chi connectivity index (χ4v) is 4.17. The molecule has 3 rings (SSSR count). The molecule has 0 saturated heterocycles. The van der Waals surface area contributed by atoms with Gasteiger partial charge in [-0.2, -0.15) is 0 Å². The molecule has 1 aliphatic rings. The van der Waals surface area contributed by atoms with Crippen LogP contribution in [-0.4, -0.2) is 19.5 Å². The highest BCUT2D eigenvalue weighted by atomic mass is 32.2. The molecule has 1 heterocycles. The van der Waals surface area contributed by atoms with Gasteiger partial charge < -0.3 is 5.11 Å². The molecule has 0 aliphatic carbocycles. The highest BCUT2D eigenvalue weighted by Crippen LogP contribution is 2.30. The quantitative estimate of drug-likeness (QED) is 0.873. The summed E-state index contributed by atoms with van der Waals surface area (Å²) in [4.78, 5) is 11.1. The van der Waals surface area contributed by atoms with E-state index in [2.05, 4.69) is 0 Å². The molecule has 1 N–H and O–H groups in total. The number of carboxylic acid groups (broad SMARTS) is 1. The zero-order chi connectivity index (χ0) is 14.3. The highest BCUT2D eigenvalue weighted by molar-refractivity contribution is 7.90. The molecule has 5 heteroatoms. The number of benzene rings is 2. The molecular formula is C15H12O4S. The fourth-order valence-electron chi connectivity index (χ4n) is 2.48. The molecule has 2 aromatic rings. The first kappa shape index (κ1) is 12.9. The van der Waals surface area contributed by atoms with E-state index < -0.39 is 15.8 Å². The molecule has 4 nitrogen and oxygen atoms in total. The molecular weight excluding hydrogens is 276 g/mol. The number of fused-ring (bicyclic) bond motifs is 2. The summed E-state index contributed by atoms with van der Waals surface area (Å²) in [6, 6.07) is 11.7. The van der Waals surface area contributed by atoms with Gasteiger partial charge in [-0.05, 0) is 35.2 Å². The number of hydrogen-bond acceptors (Lipinski definition) is 3. The summed E-state index contributed by atoms with van der Waals surface area (Å²) in [5, 5.41) is 9.01. The molecule has 0 aromatic heterocycles. The molecule has 0 bridgehead atoms. The van der Waals surface area contributed by atoms with Gasteiger partial charge in [-0.3, -0.25) is 0 Å². The summed E-state index contributed by atoms with van der Waals surface area (Å²) in [6.07, 6.45) is 0.505. The summed E-state index contributed by atoms with van der Waals surface area (Å²) >= 11 is 0. The highest BCUT2D eigenvalue weighted by Gasteiger charge is 2.25. The van der Waals surface area contributed by atoms with Gasteiger partial charge in [-0.1, -0.05) is 30.3 Å². The predicted molar refractivity (Wildman–Crippen MR) is 73.5 cm³/mol. The predicted octanol–water partition coefficient (Wildman–Crippen LogP) is 2.26. The normalized spacial score (nSPS) is 15.8. The number of rotatable bonds is 1. The third kappa shape index (κ3) is 2.10. The fraction of sp³-hybridized carbons (Fsp3) is 0.133. The monoisotopic (exact) mass is 288 g/mol. The van der Waals surface area contributed by atoms with Crippen LogP contribution in [0.25, 0.3) is 0 Å². The Morgan fingerprint density at radius 3 is 2.40 bits per heavy atom. The molecule has 0 atom stereocenters. The third-order valence-electron chi connectivity index (χ3n) is 3.49. The Bertz CT molecular complexity index is 806. The molecule has 0 radical (unpaired) electrons. The second-order valence-electron chi connectivity index (χ2n) is 4.83. The lowest BCUT2D eigenvalue weighted by Crippen LogP contribution is -2.07. The second-order valence-corrected chi connectivity index (χ2v) is 6.79. The van der Waals surface area contributed by atoms with Crippen molar-refractivity contribution in [2.45, 2.75) is 17.1 Å². The maximum absolute atomic E-state index is 12.4. The Morgan fingerprint density at radius 1 is 1.00 bits per heavy atom. The van der Waals surface area contributed by atoms with Gasteiger partial charge in [-0.15, -0.1) is 0 Å². The van der Waals surface area contributed by atoms with Crippen molar-refractivity contribution in [1.82, 2.24) is 0 Å². The summed E-state index contributed by atoms with van der Waals surface area (Å²) in [7, 11) is -3.51. The third-order valence-corrected chi connectivity index (χ3v) is 5.24. The van der Waals surface area contributed by atoms with Crippen molar-refractivity contribution in [2.75, 3.05) is 0 Å². The van der Waals surface area contributed by atoms with Gasteiger partial charge in [0.25, 0.3) is 0 Å². The van der Waals surface area contributed by atoms with Gasteiger partial charge >= 0.3 is 5.97 Å². The first-order chi connectivity index (χ1) is 9.47. The van der Waals surface area contributed by atoms with Crippen LogP contribution >= 0.6 is 0 Å². The molecule has 102 valence electrons. The molecule has 1 aliphatic heterocycles.